The predicted octanol–water partition coefficient (Wildman–Crippen LogP) is 5.38. The summed E-state index contributed by atoms with van der Waals surface area (Å²) in [7, 11) is 0. The molecule has 160 valence electrons. The van der Waals surface area contributed by atoms with Crippen molar-refractivity contribution in [3.8, 4) is 0 Å². The summed E-state index contributed by atoms with van der Waals surface area (Å²) < 4.78 is 0. The van der Waals surface area contributed by atoms with E-state index in [9.17, 15) is 9.59 Å². The summed E-state index contributed by atoms with van der Waals surface area (Å²) in [5, 5.41) is 7.95. The van der Waals surface area contributed by atoms with Crippen LogP contribution in [0, 0.1) is 0 Å². The Bertz CT molecular complexity index is 1100. The standard InChI is InChI=1S/C27H24N2O2S/c30-25(28-19-24-12-7-17-32-24)18-20-13-15-23(16-14-20)29-27(31)26(21-8-3-1-4-9-21)22-10-5-2-6-11-22/h1-17,26H,18-19H2,(H,28,30)(H,29,31). The number of nitrogens with one attached hydrogen (secondary N) is 2. The zero-order chi connectivity index (χ0) is 22.2. The van der Waals surface area contributed by atoms with E-state index in [1.165, 1.54) is 0 Å². The molecule has 0 aliphatic carbocycles. The lowest BCUT2D eigenvalue weighted by molar-refractivity contribution is -0.120. The second-order valence-corrected chi connectivity index (χ2v) is 8.51. The minimum Gasteiger partial charge on any atom is -0.351 e. The van der Waals surface area contributed by atoms with Gasteiger partial charge in [-0.2, -0.15) is 0 Å². The highest BCUT2D eigenvalue weighted by atomic mass is 32.1. The van der Waals surface area contributed by atoms with Crippen molar-refractivity contribution < 1.29 is 9.59 Å². The van der Waals surface area contributed by atoms with Crippen molar-refractivity contribution in [1.29, 1.82) is 0 Å². The molecule has 1 heterocycles. The number of benzene rings is 3. The van der Waals surface area contributed by atoms with Crippen molar-refractivity contribution in [2.75, 3.05) is 5.32 Å². The second-order valence-electron chi connectivity index (χ2n) is 7.47. The summed E-state index contributed by atoms with van der Waals surface area (Å²) in [4.78, 5) is 26.5. The fourth-order valence-corrected chi connectivity index (χ4v) is 4.20. The maximum absolute atomic E-state index is 13.2. The van der Waals surface area contributed by atoms with Gasteiger partial charge in [-0.15, -0.1) is 11.3 Å². The number of carbonyl (C=O) groups is 2. The Morgan fingerprint density at radius 3 is 1.94 bits per heavy atom. The molecule has 2 N–H and O–H groups in total. The van der Waals surface area contributed by atoms with Gasteiger partial charge >= 0.3 is 0 Å². The van der Waals surface area contributed by atoms with Crippen molar-refractivity contribution in [2.45, 2.75) is 18.9 Å². The first kappa shape index (κ1) is 21.5. The van der Waals surface area contributed by atoms with Crippen LogP contribution in [0.4, 0.5) is 5.69 Å². The fourth-order valence-electron chi connectivity index (χ4n) is 3.55. The number of hydrogen-bond acceptors (Lipinski definition) is 3. The Kier molecular flexibility index (Phi) is 7.10. The lowest BCUT2D eigenvalue weighted by Gasteiger charge is -2.18. The van der Waals surface area contributed by atoms with Crippen LogP contribution in [0.1, 0.15) is 27.5 Å². The molecule has 0 radical (unpaired) electrons. The Balaban J connectivity index is 1.40. The van der Waals surface area contributed by atoms with Crippen LogP contribution < -0.4 is 10.6 Å². The first-order valence-corrected chi connectivity index (χ1v) is 11.4. The van der Waals surface area contributed by atoms with Crippen molar-refractivity contribution in [2.24, 2.45) is 0 Å². The number of rotatable bonds is 8. The molecule has 3 aromatic carbocycles. The van der Waals surface area contributed by atoms with Crippen LogP contribution in [0.2, 0.25) is 0 Å². The summed E-state index contributed by atoms with van der Waals surface area (Å²) in [5.41, 5.74) is 3.48. The minimum atomic E-state index is -0.403. The zero-order valence-electron chi connectivity index (χ0n) is 17.5. The monoisotopic (exact) mass is 440 g/mol. The van der Waals surface area contributed by atoms with E-state index in [1.807, 2.05) is 102 Å². The molecular formula is C27H24N2O2S. The van der Waals surface area contributed by atoms with E-state index >= 15 is 0 Å². The third kappa shape index (κ3) is 5.71. The quantitative estimate of drug-likeness (QED) is 0.387. The Morgan fingerprint density at radius 2 is 1.38 bits per heavy atom. The lowest BCUT2D eigenvalue weighted by atomic mass is 9.90. The smallest absolute Gasteiger partial charge is 0.236 e. The van der Waals surface area contributed by atoms with Crippen LogP contribution in [-0.4, -0.2) is 11.8 Å². The van der Waals surface area contributed by atoms with Gasteiger partial charge in [0.2, 0.25) is 11.8 Å². The van der Waals surface area contributed by atoms with E-state index in [2.05, 4.69) is 10.6 Å². The molecule has 0 saturated heterocycles. The summed E-state index contributed by atoms with van der Waals surface area (Å²) >= 11 is 1.62. The van der Waals surface area contributed by atoms with E-state index in [1.54, 1.807) is 11.3 Å². The maximum Gasteiger partial charge on any atom is 0.236 e. The molecule has 0 saturated carbocycles. The molecule has 4 aromatic rings. The van der Waals surface area contributed by atoms with Crippen molar-refractivity contribution >= 4 is 28.8 Å². The van der Waals surface area contributed by atoms with E-state index in [4.69, 9.17) is 0 Å². The minimum absolute atomic E-state index is 0.0246. The van der Waals surface area contributed by atoms with Gasteiger partial charge in [0, 0.05) is 10.6 Å². The molecule has 4 rings (SSSR count). The van der Waals surface area contributed by atoms with Gasteiger partial charge in [0.25, 0.3) is 0 Å². The molecule has 0 bridgehead atoms. The molecule has 0 fully saturated rings. The van der Waals surface area contributed by atoms with Crippen LogP contribution in [0.3, 0.4) is 0 Å². The van der Waals surface area contributed by atoms with E-state index in [0.717, 1.165) is 21.6 Å². The number of carbonyl (C=O) groups excluding carboxylic acids is 2. The number of thiophene rings is 1. The second kappa shape index (κ2) is 10.6. The van der Waals surface area contributed by atoms with Gasteiger partial charge in [0.05, 0.1) is 18.9 Å². The molecule has 4 nitrogen and oxygen atoms in total. The van der Waals surface area contributed by atoms with Crippen LogP contribution in [0.5, 0.6) is 0 Å². The normalized spacial score (nSPS) is 10.7. The van der Waals surface area contributed by atoms with Crippen LogP contribution in [0.25, 0.3) is 0 Å². The summed E-state index contributed by atoms with van der Waals surface area (Å²) in [6.07, 6.45) is 0.302. The lowest BCUT2D eigenvalue weighted by Crippen LogP contribution is -2.24. The van der Waals surface area contributed by atoms with Crippen LogP contribution in [-0.2, 0) is 22.6 Å². The highest BCUT2D eigenvalue weighted by Crippen LogP contribution is 2.26. The van der Waals surface area contributed by atoms with E-state index < -0.39 is 5.92 Å². The molecular weight excluding hydrogens is 416 g/mol. The SMILES string of the molecule is O=C(Cc1ccc(NC(=O)C(c2ccccc2)c2ccccc2)cc1)NCc1cccs1. The van der Waals surface area contributed by atoms with Gasteiger partial charge in [-0.3, -0.25) is 9.59 Å². The van der Waals surface area contributed by atoms with Gasteiger partial charge in [0.15, 0.2) is 0 Å². The molecule has 1 aromatic heterocycles. The zero-order valence-corrected chi connectivity index (χ0v) is 18.3. The molecule has 0 aliphatic heterocycles. The van der Waals surface area contributed by atoms with Crippen LogP contribution in [0.15, 0.2) is 102 Å². The van der Waals surface area contributed by atoms with Crippen molar-refractivity contribution in [3.63, 3.8) is 0 Å². The molecule has 2 amide bonds. The Morgan fingerprint density at radius 1 is 0.750 bits per heavy atom. The van der Waals surface area contributed by atoms with Gasteiger partial charge in [-0.25, -0.2) is 0 Å². The van der Waals surface area contributed by atoms with E-state index in [-0.39, 0.29) is 11.8 Å². The summed E-state index contributed by atoms with van der Waals surface area (Å²) in [6, 6.07) is 30.9. The van der Waals surface area contributed by atoms with Gasteiger partial charge in [0.1, 0.15) is 0 Å². The van der Waals surface area contributed by atoms with Crippen LogP contribution >= 0.6 is 11.3 Å². The van der Waals surface area contributed by atoms with Gasteiger partial charge in [-0.1, -0.05) is 78.9 Å². The predicted molar refractivity (Wildman–Crippen MR) is 130 cm³/mol. The molecule has 32 heavy (non-hydrogen) atoms. The fraction of sp³-hybridized carbons (Fsp3) is 0.111. The topological polar surface area (TPSA) is 58.2 Å². The molecule has 0 aliphatic rings. The average Bonchev–Trinajstić information content (AvgIpc) is 3.34. The average molecular weight is 441 g/mol. The molecule has 0 unspecified atom stereocenters. The van der Waals surface area contributed by atoms with Gasteiger partial charge < -0.3 is 10.6 Å². The highest BCUT2D eigenvalue weighted by molar-refractivity contribution is 7.09. The number of anilines is 1. The van der Waals surface area contributed by atoms with Crippen molar-refractivity contribution in [3.05, 3.63) is 124 Å². The van der Waals surface area contributed by atoms with Gasteiger partial charge in [-0.05, 0) is 40.3 Å². The molecule has 0 spiro atoms. The Hall–Kier alpha value is -3.70. The summed E-state index contributed by atoms with van der Waals surface area (Å²) in [5.74, 6) is -0.521. The largest absolute Gasteiger partial charge is 0.351 e. The summed E-state index contributed by atoms with van der Waals surface area (Å²) in [6.45, 7) is 0.547. The third-order valence-corrected chi connectivity index (χ3v) is 6.03. The number of amides is 2. The maximum atomic E-state index is 13.2. The number of hydrogen-bond donors (Lipinski definition) is 2. The molecule has 0 atom stereocenters. The first-order chi connectivity index (χ1) is 15.7. The Labute approximate surface area is 191 Å². The third-order valence-electron chi connectivity index (χ3n) is 5.15. The molecule has 5 heteroatoms. The van der Waals surface area contributed by atoms with E-state index in [0.29, 0.717) is 18.7 Å². The van der Waals surface area contributed by atoms with Crippen molar-refractivity contribution in [1.82, 2.24) is 5.32 Å². The first-order valence-electron chi connectivity index (χ1n) is 10.5. The highest BCUT2D eigenvalue weighted by Gasteiger charge is 2.22.